The number of esters is 1. The third-order valence-corrected chi connectivity index (χ3v) is 7.32. The molecular formula is C26H25ClN2O5S. The van der Waals surface area contributed by atoms with Crippen LogP contribution in [0.1, 0.15) is 23.6 Å². The maximum absolute atomic E-state index is 13.5. The highest BCUT2D eigenvalue weighted by atomic mass is 35.5. The van der Waals surface area contributed by atoms with E-state index in [1.165, 1.54) is 12.1 Å². The number of hydrogen-bond donors (Lipinski definition) is 0. The topological polar surface area (TPSA) is 96.7 Å². The van der Waals surface area contributed by atoms with E-state index < -0.39 is 22.5 Å². The van der Waals surface area contributed by atoms with Gasteiger partial charge in [-0.05, 0) is 61.4 Å². The van der Waals surface area contributed by atoms with Crippen molar-refractivity contribution < 1.29 is 22.7 Å². The van der Waals surface area contributed by atoms with E-state index in [0.29, 0.717) is 24.3 Å². The zero-order chi connectivity index (χ0) is 25.4. The molecular weight excluding hydrogens is 488 g/mol. The Kier molecular flexibility index (Phi) is 8.74. The standard InChI is InChI=1S/C26H25ClN2O5S/c1-3-33-26(30)18-29(35(31,32)25-7-5-4-6-24(25)27)22-14-19(2)15-23(16-22)34-13-12-20-8-10-21(17-28)11-9-20/h4-11,14-16H,3,12-13,18H2,1-2H3. The first-order chi connectivity index (χ1) is 16.7. The first-order valence-corrected chi connectivity index (χ1v) is 12.7. The van der Waals surface area contributed by atoms with Gasteiger partial charge in [0.1, 0.15) is 17.2 Å². The maximum atomic E-state index is 13.5. The maximum Gasteiger partial charge on any atom is 0.326 e. The lowest BCUT2D eigenvalue weighted by Gasteiger charge is -2.25. The van der Waals surface area contributed by atoms with Crippen LogP contribution in [0.3, 0.4) is 0 Å². The van der Waals surface area contributed by atoms with Gasteiger partial charge in [0.05, 0.1) is 35.6 Å². The molecule has 0 aliphatic carbocycles. The molecule has 0 aliphatic rings. The summed E-state index contributed by atoms with van der Waals surface area (Å²) < 4.78 is 39.0. The zero-order valence-corrected chi connectivity index (χ0v) is 21.0. The fraction of sp³-hybridized carbons (Fsp3) is 0.231. The molecule has 3 aromatic rings. The molecule has 9 heteroatoms. The van der Waals surface area contributed by atoms with Crippen molar-refractivity contribution in [3.05, 3.63) is 88.4 Å². The summed E-state index contributed by atoms with van der Waals surface area (Å²) >= 11 is 6.18. The highest BCUT2D eigenvalue weighted by Gasteiger charge is 2.30. The summed E-state index contributed by atoms with van der Waals surface area (Å²) in [5.41, 5.74) is 2.59. The van der Waals surface area contributed by atoms with E-state index in [2.05, 4.69) is 6.07 Å². The van der Waals surface area contributed by atoms with E-state index in [9.17, 15) is 13.2 Å². The van der Waals surface area contributed by atoms with Crippen LogP contribution in [0.2, 0.25) is 5.02 Å². The number of halogens is 1. The van der Waals surface area contributed by atoms with Crippen molar-refractivity contribution in [2.45, 2.75) is 25.2 Å². The Bertz CT molecular complexity index is 1330. The number of nitriles is 1. The van der Waals surface area contributed by atoms with Crippen LogP contribution in [0.15, 0.2) is 71.6 Å². The fourth-order valence-electron chi connectivity index (χ4n) is 3.40. The number of rotatable bonds is 10. The molecule has 7 nitrogen and oxygen atoms in total. The molecule has 0 atom stereocenters. The van der Waals surface area contributed by atoms with Gasteiger partial charge in [-0.25, -0.2) is 8.42 Å². The number of carbonyl (C=O) groups excluding carboxylic acids is 1. The Hall–Kier alpha value is -3.54. The van der Waals surface area contributed by atoms with Crippen LogP contribution in [0.25, 0.3) is 0 Å². The van der Waals surface area contributed by atoms with Crippen LogP contribution in [-0.4, -0.2) is 34.1 Å². The van der Waals surface area contributed by atoms with E-state index in [1.54, 1.807) is 49.4 Å². The predicted molar refractivity (Wildman–Crippen MR) is 134 cm³/mol. The van der Waals surface area contributed by atoms with Gasteiger partial charge in [0.15, 0.2) is 0 Å². The minimum absolute atomic E-state index is 0.0490. The lowest BCUT2D eigenvalue weighted by atomic mass is 10.1. The van der Waals surface area contributed by atoms with Gasteiger partial charge >= 0.3 is 5.97 Å². The molecule has 0 spiro atoms. The summed E-state index contributed by atoms with van der Waals surface area (Å²) in [5, 5.41) is 8.97. The Balaban J connectivity index is 1.89. The van der Waals surface area contributed by atoms with Crippen molar-refractivity contribution in [1.29, 1.82) is 5.26 Å². The smallest absolute Gasteiger partial charge is 0.326 e. The molecule has 0 saturated carbocycles. The van der Waals surface area contributed by atoms with E-state index in [1.807, 2.05) is 19.1 Å². The second kappa shape index (κ2) is 11.7. The van der Waals surface area contributed by atoms with Crippen molar-refractivity contribution in [2.24, 2.45) is 0 Å². The predicted octanol–water partition coefficient (Wildman–Crippen LogP) is 4.90. The first kappa shape index (κ1) is 26.1. The van der Waals surface area contributed by atoms with Gasteiger partial charge in [-0.2, -0.15) is 5.26 Å². The fourth-order valence-corrected chi connectivity index (χ4v) is 5.29. The molecule has 0 fully saturated rings. The summed E-state index contributed by atoms with van der Waals surface area (Å²) in [6.45, 7) is 3.40. The molecule has 0 unspecified atom stereocenters. The van der Waals surface area contributed by atoms with Crippen molar-refractivity contribution in [2.75, 3.05) is 24.1 Å². The Morgan fingerprint density at radius 3 is 2.46 bits per heavy atom. The Morgan fingerprint density at radius 1 is 1.09 bits per heavy atom. The van der Waals surface area contributed by atoms with Crippen molar-refractivity contribution in [3.63, 3.8) is 0 Å². The van der Waals surface area contributed by atoms with Gasteiger partial charge < -0.3 is 9.47 Å². The summed E-state index contributed by atoms with van der Waals surface area (Å²) in [4.78, 5) is 12.2. The number of nitrogens with zero attached hydrogens (tertiary/aromatic N) is 2. The monoisotopic (exact) mass is 512 g/mol. The molecule has 0 radical (unpaired) electrons. The molecule has 0 aromatic heterocycles. The zero-order valence-electron chi connectivity index (χ0n) is 19.4. The first-order valence-electron chi connectivity index (χ1n) is 10.9. The van der Waals surface area contributed by atoms with Crippen molar-refractivity contribution >= 4 is 33.3 Å². The molecule has 0 amide bonds. The highest BCUT2D eigenvalue weighted by molar-refractivity contribution is 7.93. The quantitative estimate of drug-likeness (QED) is 0.358. The Labute approximate surface area is 210 Å². The van der Waals surface area contributed by atoms with Crippen LogP contribution in [0.5, 0.6) is 5.75 Å². The third kappa shape index (κ3) is 6.75. The van der Waals surface area contributed by atoms with Crippen molar-refractivity contribution in [3.8, 4) is 11.8 Å². The molecule has 182 valence electrons. The van der Waals surface area contributed by atoms with Crippen molar-refractivity contribution in [1.82, 2.24) is 0 Å². The van der Waals surface area contributed by atoms with Crippen LogP contribution < -0.4 is 9.04 Å². The molecule has 0 saturated heterocycles. The minimum Gasteiger partial charge on any atom is -0.493 e. The molecule has 3 aromatic carbocycles. The van der Waals surface area contributed by atoms with E-state index in [-0.39, 0.29) is 22.2 Å². The molecule has 0 bridgehead atoms. The van der Waals surface area contributed by atoms with Gasteiger partial charge in [-0.3, -0.25) is 9.10 Å². The number of sulfonamides is 1. The summed E-state index contributed by atoms with van der Waals surface area (Å²) in [7, 11) is -4.18. The normalized spacial score (nSPS) is 10.9. The summed E-state index contributed by atoms with van der Waals surface area (Å²) in [6, 6.07) is 20.4. The lowest BCUT2D eigenvalue weighted by molar-refractivity contribution is -0.141. The van der Waals surface area contributed by atoms with Crippen LogP contribution in [-0.2, 0) is 26.0 Å². The largest absolute Gasteiger partial charge is 0.493 e. The second-order valence-corrected chi connectivity index (χ2v) is 9.90. The van der Waals surface area contributed by atoms with E-state index in [4.69, 9.17) is 26.3 Å². The van der Waals surface area contributed by atoms with Gasteiger partial charge in [-0.15, -0.1) is 0 Å². The lowest BCUT2D eigenvalue weighted by Crippen LogP contribution is -2.36. The Morgan fingerprint density at radius 2 is 1.80 bits per heavy atom. The summed E-state index contributed by atoms with van der Waals surface area (Å²) in [6.07, 6.45) is 0.597. The SMILES string of the molecule is CCOC(=O)CN(c1cc(C)cc(OCCc2ccc(C#N)cc2)c1)S(=O)(=O)c1ccccc1Cl. The molecule has 0 N–H and O–H groups in total. The van der Waals surface area contributed by atoms with E-state index >= 15 is 0 Å². The van der Waals surface area contributed by atoms with Crippen LogP contribution in [0.4, 0.5) is 5.69 Å². The van der Waals surface area contributed by atoms with Gasteiger partial charge in [0, 0.05) is 12.5 Å². The molecule has 35 heavy (non-hydrogen) atoms. The van der Waals surface area contributed by atoms with Gasteiger partial charge in [0.25, 0.3) is 10.0 Å². The minimum atomic E-state index is -4.18. The third-order valence-electron chi connectivity index (χ3n) is 5.05. The average Bonchev–Trinajstić information content (AvgIpc) is 2.83. The number of hydrogen-bond acceptors (Lipinski definition) is 6. The molecule has 3 rings (SSSR count). The summed E-state index contributed by atoms with van der Waals surface area (Å²) in [5.74, 6) is -0.232. The van der Waals surface area contributed by atoms with Crippen LogP contribution in [0, 0.1) is 18.3 Å². The molecule has 0 heterocycles. The highest BCUT2D eigenvalue weighted by Crippen LogP contribution is 2.31. The number of benzene rings is 3. The van der Waals surface area contributed by atoms with Gasteiger partial charge in [-0.1, -0.05) is 35.9 Å². The number of ether oxygens (including phenoxy) is 2. The second-order valence-electron chi connectivity index (χ2n) is 7.66. The van der Waals surface area contributed by atoms with E-state index in [0.717, 1.165) is 15.4 Å². The molecule has 0 aliphatic heterocycles. The number of aryl methyl sites for hydroxylation is 1. The number of carbonyl (C=O) groups is 1. The van der Waals surface area contributed by atoms with Crippen LogP contribution >= 0.6 is 11.6 Å². The number of anilines is 1. The van der Waals surface area contributed by atoms with Gasteiger partial charge in [0.2, 0.25) is 0 Å². The average molecular weight is 513 g/mol.